The molecule has 1 N–H and O–H groups in total. The minimum Gasteiger partial charge on any atom is -0.455 e. The molecule has 4 fully saturated rings. The highest BCUT2D eigenvalue weighted by atomic mass is 32.2. The van der Waals surface area contributed by atoms with Gasteiger partial charge in [-0.15, -0.1) is 0 Å². The number of benzene rings is 1. The summed E-state index contributed by atoms with van der Waals surface area (Å²) in [6, 6.07) is 5.25. The molecule has 124 valence electrons. The van der Waals surface area contributed by atoms with E-state index in [9.17, 15) is 13.2 Å². The largest absolute Gasteiger partial charge is 0.455 e. The van der Waals surface area contributed by atoms with Crippen molar-refractivity contribution >= 4 is 16.1 Å². The van der Waals surface area contributed by atoms with Gasteiger partial charge < -0.3 is 4.74 Å². The molecule has 1 aromatic rings. The SMILES string of the molecule is O=C(OC12CC3CC(CC(C3)C1)C2)c1ccc(S(=O)(=O)O)cc1. The minimum absolute atomic E-state index is 0.219. The molecule has 5 rings (SSSR count). The molecule has 0 amide bonds. The second kappa shape index (κ2) is 5.05. The lowest BCUT2D eigenvalue weighted by atomic mass is 9.54. The monoisotopic (exact) mass is 336 g/mol. The summed E-state index contributed by atoms with van der Waals surface area (Å²) in [5.41, 5.74) is 0.0150. The summed E-state index contributed by atoms with van der Waals surface area (Å²) in [7, 11) is -4.24. The van der Waals surface area contributed by atoms with E-state index < -0.39 is 16.1 Å². The van der Waals surface area contributed by atoms with Gasteiger partial charge in [-0.1, -0.05) is 0 Å². The molecule has 1 aromatic carbocycles. The standard InChI is InChI=1S/C17H20O5S/c18-16(14-1-3-15(4-2-14)23(19,20)21)22-17-8-11-5-12(9-17)7-13(6-11)10-17/h1-4,11-13H,5-10H2,(H,19,20,21). The maximum absolute atomic E-state index is 12.5. The average Bonchev–Trinajstić information content (AvgIpc) is 2.44. The summed E-state index contributed by atoms with van der Waals surface area (Å²) in [6.07, 6.45) is 6.73. The maximum atomic E-state index is 12.5. The Bertz CT molecular complexity index is 699. The Labute approximate surface area is 135 Å². The predicted molar refractivity (Wildman–Crippen MR) is 82.6 cm³/mol. The van der Waals surface area contributed by atoms with Crippen LogP contribution >= 0.6 is 0 Å². The van der Waals surface area contributed by atoms with Crippen LogP contribution in [-0.4, -0.2) is 24.5 Å². The second-order valence-corrected chi connectivity index (χ2v) is 8.91. The van der Waals surface area contributed by atoms with Gasteiger partial charge in [0.2, 0.25) is 0 Å². The lowest BCUT2D eigenvalue weighted by molar-refractivity contribution is -0.131. The highest BCUT2D eigenvalue weighted by molar-refractivity contribution is 7.85. The predicted octanol–water partition coefficient (Wildman–Crippen LogP) is 3.06. The molecular weight excluding hydrogens is 316 g/mol. The van der Waals surface area contributed by atoms with Crippen LogP contribution in [0.4, 0.5) is 0 Å². The summed E-state index contributed by atoms with van der Waals surface area (Å²) >= 11 is 0. The number of carbonyl (C=O) groups excluding carboxylic acids is 1. The molecule has 4 aliphatic carbocycles. The highest BCUT2D eigenvalue weighted by Crippen LogP contribution is 2.57. The Morgan fingerprint density at radius 3 is 1.91 bits per heavy atom. The van der Waals surface area contributed by atoms with Crippen molar-refractivity contribution < 1.29 is 22.5 Å². The molecule has 6 heteroatoms. The van der Waals surface area contributed by atoms with Gasteiger partial charge in [-0.2, -0.15) is 8.42 Å². The van der Waals surface area contributed by atoms with Gasteiger partial charge in [-0.05, 0) is 80.5 Å². The fourth-order valence-corrected chi connectivity index (χ4v) is 5.65. The van der Waals surface area contributed by atoms with E-state index >= 15 is 0 Å². The highest BCUT2D eigenvalue weighted by Gasteiger charge is 2.53. The fraction of sp³-hybridized carbons (Fsp3) is 0.588. The van der Waals surface area contributed by atoms with Crippen molar-refractivity contribution in [2.75, 3.05) is 0 Å². The summed E-state index contributed by atoms with van der Waals surface area (Å²) in [5.74, 6) is 1.68. The molecule has 4 aliphatic rings. The van der Waals surface area contributed by atoms with E-state index in [1.807, 2.05) is 0 Å². The average molecular weight is 336 g/mol. The van der Waals surface area contributed by atoms with Crippen LogP contribution in [0, 0.1) is 17.8 Å². The molecule has 0 radical (unpaired) electrons. The number of esters is 1. The van der Waals surface area contributed by atoms with E-state index in [4.69, 9.17) is 9.29 Å². The van der Waals surface area contributed by atoms with Crippen LogP contribution in [0.5, 0.6) is 0 Å². The third-order valence-corrected chi connectivity index (χ3v) is 6.55. The van der Waals surface area contributed by atoms with E-state index in [-0.39, 0.29) is 10.5 Å². The summed E-state index contributed by atoms with van der Waals surface area (Å²) in [5, 5.41) is 0. The number of hydrogen-bond donors (Lipinski definition) is 1. The quantitative estimate of drug-likeness (QED) is 0.678. The van der Waals surface area contributed by atoms with Crippen molar-refractivity contribution in [1.29, 1.82) is 0 Å². The van der Waals surface area contributed by atoms with E-state index in [2.05, 4.69) is 0 Å². The molecule has 23 heavy (non-hydrogen) atoms. The van der Waals surface area contributed by atoms with Crippen molar-refractivity contribution in [3.05, 3.63) is 29.8 Å². The zero-order valence-corrected chi connectivity index (χ0v) is 13.6. The van der Waals surface area contributed by atoms with Crippen molar-refractivity contribution in [3.8, 4) is 0 Å². The van der Waals surface area contributed by atoms with E-state index in [0.29, 0.717) is 23.3 Å². The van der Waals surface area contributed by atoms with Crippen LogP contribution in [0.15, 0.2) is 29.2 Å². The molecule has 5 nitrogen and oxygen atoms in total. The first-order chi connectivity index (χ1) is 10.8. The van der Waals surface area contributed by atoms with Gasteiger partial charge in [0.1, 0.15) is 5.60 Å². The normalized spacial score (nSPS) is 35.3. The van der Waals surface area contributed by atoms with Gasteiger partial charge in [0, 0.05) is 0 Å². The molecular formula is C17H20O5S. The summed E-state index contributed by atoms with van der Waals surface area (Å²) in [4.78, 5) is 12.2. The zero-order chi connectivity index (χ0) is 16.2. The van der Waals surface area contributed by atoms with Crippen molar-refractivity contribution in [2.24, 2.45) is 17.8 Å². The maximum Gasteiger partial charge on any atom is 0.338 e. The van der Waals surface area contributed by atoms with Crippen LogP contribution in [-0.2, 0) is 14.9 Å². The lowest BCUT2D eigenvalue weighted by Gasteiger charge is -2.55. The number of hydrogen-bond acceptors (Lipinski definition) is 4. The van der Waals surface area contributed by atoms with Gasteiger partial charge in [0.25, 0.3) is 10.1 Å². The second-order valence-electron chi connectivity index (χ2n) is 7.49. The van der Waals surface area contributed by atoms with Gasteiger partial charge in [0.05, 0.1) is 10.5 Å². The molecule has 0 unspecified atom stereocenters. The number of carbonyl (C=O) groups is 1. The Hall–Kier alpha value is -1.40. The van der Waals surface area contributed by atoms with Crippen LogP contribution in [0.1, 0.15) is 48.9 Å². The Kier molecular flexibility index (Phi) is 3.32. The van der Waals surface area contributed by atoms with Crippen LogP contribution in [0.25, 0.3) is 0 Å². The minimum atomic E-state index is -4.24. The van der Waals surface area contributed by atoms with Crippen molar-refractivity contribution in [1.82, 2.24) is 0 Å². The first-order valence-electron chi connectivity index (χ1n) is 8.14. The molecule has 0 atom stereocenters. The number of rotatable bonds is 3. The van der Waals surface area contributed by atoms with Crippen molar-refractivity contribution in [2.45, 2.75) is 49.0 Å². The molecule has 0 spiro atoms. The van der Waals surface area contributed by atoms with E-state index in [1.165, 1.54) is 43.5 Å². The molecule has 4 bridgehead atoms. The summed E-state index contributed by atoms with van der Waals surface area (Å²) in [6.45, 7) is 0. The Morgan fingerprint density at radius 2 is 1.48 bits per heavy atom. The first-order valence-corrected chi connectivity index (χ1v) is 9.58. The lowest BCUT2D eigenvalue weighted by Crippen LogP contribution is -2.52. The van der Waals surface area contributed by atoms with Gasteiger partial charge in [-0.25, -0.2) is 4.79 Å². The molecule has 4 saturated carbocycles. The van der Waals surface area contributed by atoms with Crippen molar-refractivity contribution in [3.63, 3.8) is 0 Å². The van der Waals surface area contributed by atoms with Crippen LogP contribution in [0.2, 0.25) is 0 Å². The molecule has 0 heterocycles. The zero-order valence-electron chi connectivity index (χ0n) is 12.8. The Morgan fingerprint density at radius 1 is 1.00 bits per heavy atom. The summed E-state index contributed by atoms with van der Waals surface area (Å²) < 4.78 is 37.0. The van der Waals surface area contributed by atoms with Gasteiger partial charge in [0.15, 0.2) is 0 Å². The van der Waals surface area contributed by atoms with Crippen LogP contribution in [0.3, 0.4) is 0 Å². The smallest absolute Gasteiger partial charge is 0.338 e. The van der Waals surface area contributed by atoms with Gasteiger partial charge in [-0.3, -0.25) is 4.55 Å². The number of ether oxygens (including phenoxy) is 1. The fourth-order valence-electron chi connectivity index (χ4n) is 5.17. The third kappa shape index (κ3) is 2.78. The first kappa shape index (κ1) is 15.1. The topological polar surface area (TPSA) is 80.7 Å². The molecule has 0 saturated heterocycles. The van der Waals surface area contributed by atoms with E-state index in [0.717, 1.165) is 19.3 Å². The molecule has 0 aliphatic heterocycles. The third-order valence-electron chi connectivity index (χ3n) is 5.68. The molecule has 0 aromatic heterocycles. The van der Waals surface area contributed by atoms with Gasteiger partial charge >= 0.3 is 5.97 Å². The Balaban J connectivity index is 1.52. The van der Waals surface area contributed by atoms with E-state index in [1.54, 1.807) is 0 Å². The van der Waals surface area contributed by atoms with Crippen LogP contribution < -0.4 is 0 Å².